The summed E-state index contributed by atoms with van der Waals surface area (Å²) in [5.74, 6) is 1.93. The van der Waals surface area contributed by atoms with E-state index in [9.17, 15) is 0 Å². The molecule has 250 valence electrons. The van der Waals surface area contributed by atoms with Crippen LogP contribution < -0.4 is 0 Å². The van der Waals surface area contributed by atoms with Crippen LogP contribution in [0.4, 0.5) is 0 Å². The highest BCUT2D eigenvalue weighted by Gasteiger charge is 2.29. The van der Waals surface area contributed by atoms with Crippen LogP contribution in [-0.2, 0) is 5.41 Å². The van der Waals surface area contributed by atoms with Gasteiger partial charge in [-0.3, -0.25) is 4.57 Å². The first-order valence-corrected chi connectivity index (χ1v) is 18.3. The van der Waals surface area contributed by atoms with Crippen LogP contribution in [-0.4, -0.2) is 19.1 Å². The van der Waals surface area contributed by atoms with Gasteiger partial charge in [-0.25, -0.2) is 9.97 Å². The van der Waals surface area contributed by atoms with Crippen LogP contribution >= 0.6 is 0 Å². The average molecular weight is 671 g/mol. The van der Waals surface area contributed by atoms with Gasteiger partial charge >= 0.3 is 0 Å². The van der Waals surface area contributed by atoms with Crippen molar-refractivity contribution in [2.45, 2.75) is 38.0 Å². The molecule has 0 radical (unpaired) electrons. The van der Waals surface area contributed by atoms with E-state index in [0.717, 1.165) is 41.3 Å². The molecule has 3 heterocycles. The summed E-state index contributed by atoms with van der Waals surface area (Å²) in [6, 6.07) is 47.4. The lowest BCUT2D eigenvalue weighted by atomic mass is 9.77. The molecule has 0 spiro atoms. The van der Waals surface area contributed by atoms with Crippen LogP contribution in [0.5, 0.6) is 0 Å². The van der Waals surface area contributed by atoms with E-state index in [4.69, 9.17) is 9.97 Å². The molecule has 2 unspecified atom stereocenters. The molecule has 0 N–H and O–H groups in total. The van der Waals surface area contributed by atoms with Crippen molar-refractivity contribution in [3.63, 3.8) is 0 Å². The van der Waals surface area contributed by atoms with Crippen LogP contribution in [0.1, 0.15) is 49.4 Å². The van der Waals surface area contributed by atoms with Crippen LogP contribution in [0, 0.1) is 0 Å². The number of nitrogens with zero attached hydrogens (tertiary/aromatic N) is 4. The maximum atomic E-state index is 5.33. The molecule has 4 nitrogen and oxygen atoms in total. The quantitative estimate of drug-likeness (QED) is 0.183. The molecule has 0 saturated heterocycles. The molecule has 0 fully saturated rings. The number of aromatic nitrogens is 4. The lowest BCUT2D eigenvalue weighted by Crippen LogP contribution is -2.20. The van der Waals surface area contributed by atoms with Gasteiger partial charge in [-0.05, 0) is 42.7 Å². The largest absolute Gasteiger partial charge is 0.310 e. The predicted molar refractivity (Wildman–Crippen MR) is 217 cm³/mol. The standard InChI is InChI=1S/C48H38N4/c1-32-15-14-23-38-45-42(52(46(32)38)43-31-39(33-16-6-3-7-17-33)49-47(50-43)34-18-8-4-9-19-34)26-25-41-44(45)37-22-12-13-24-40(37)51(41)36-27-29-48(2,30-28-36)35-20-10-5-11-21-35/h3-14,16-29,31-32H,15,30H2,1-2H3. The summed E-state index contributed by atoms with van der Waals surface area (Å²) < 4.78 is 4.90. The third kappa shape index (κ3) is 4.75. The molecule has 4 heteroatoms. The van der Waals surface area contributed by atoms with Gasteiger partial charge in [0.25, 0.3) is 0 Å². The van der Waals surface area contributed by atoms with Crippen molar-refractivity contribution in [2.24, 2.45) is 0 Å². The third-order valence-electron chi connectivity index (χ3n) is 11.2. The Kier molecular flexibility index (Phi) is 7.00. The minimum absolute atomic E-state index is 0.0389. The Morgan fingerprint density at radius 1 is 0.654 bits per heavy atom. The zero-order chi connectivity index (χ0) is 34.8. The Hall–Kier alpha value is -6.26. The fourth-order valence-electron chi connectivity index (χ4n) is 8.51. The van der Waals surface area contributed by atoms with Crippen molar-refractivity contribution in [3.8, 4) is 28.5 Å². The van der Waals surface area contributed by atoms with E-state index >= 15 is 0 Å². The molecule has 0 bridgehead atoms. The Balaban J connectivity index is 1.23. The maximum Gasteiger partial charge on any atom is 0.162 e. The molecule has 0 aliphatic heterocycles. The summed E-state index contributed by atoms with van der Waals surface area (Å²) in [7, 11) is 0. The lowest BCUT2D eigenvalue weighted by Gasteiger charge is -2.29. The van der Waals surface area contributed by atoms with E-state index < -0.39 is 0 Å². The summed E-state index contributed by atoms with van der Waals surface area (Å²) in [6.45, 7) is 4.68. The number of benzene rings is 5. The van der Waals surface area contributed by atoms with Gasteiger partial charge in [0.2, 0.25) is 0 Å². The summed E-state index contributed by atoms with van der Waals surface area (Å²) in [5.41, 5.74) is 11.7. The molecular weight excluding hydrogens is 633 g/mol. The molecular formula is C48H38N4. The molecule has 0 saturated carbocycles. The van der Waals surface area contributed by atoms with Crippen molar-refractivity contribution < 1.29 is 0 Å². The number of rotatable bonds is 5. The Morgan fingerprint density at radius 3 is 2.06 bits per heavy atom. The van der Waals surface area contributed by atoms with Gasteiger partial charge in [0, 0.05) is 61.6 Å². The van der Waals surface area contributed by atoms with Crippen LogP contribution in [0.2, 0.25) is 0 Å². The Bertz CT molecular complexity index is 2690. The molecule has 2 atom stereocenters. The highest BCUT2D eigenvalue weighted by molar-refractivity contribution is 6.24. The van der Waals surface area contributed by atoms with Gasteiger partial charge in [-0.1, -0.05) is 147 Å². The summed E-state index contributed by atoms with van der Waals surface area (Å²) in [4.78, 5) is 10.4. The van der Waals surface area contributed by atoms with Gasteiger partial charge in [-0.2, -0.15) is 0 Å². The van der Waals surface area contributed by atoms with E-state index in [1.807, 2.05) is 6.07 Å². The molecule has 0 amide bonds. The fourth-order valence-corrected chi connectivity index (χ4v) is 8.51. The van der Waals surface area contributed by atoms with E-state index in [-0.39, 0.29) is 5.41 Å². The van der Waals surface area contributed by atoms with Gasteiger partial charge in [0.15, 0.2) is 5.82 Å². The van der Waals surface area contributed by atoms with Gasteiger partial charge < -0.3 is 4.57 Å². The number of fused-ring (bicyclic) bond motifs is 7. The van der Waals surface area contributed by atoms with Crippen molar-refractivity contribution in [3.05, 3.63) is 175 Å². The zero-order valence-electron chi connectivity index (χ0n) is 29.4. The summed E-state index contributed by atoms with van der Waals surface area (Å²) in [5, 5.41) is 3.83. The van der Waals surface area contributed by atoms with Gasteiger partial charge in [-0.15, -0.1) is 0 Å². The third-order valence-corrected chi connectivity index (χ3v) is 11.2. The van der Waals surface area contributed by atoms with E-state index in [1.54, 1.807) is 0 Å². The minimum atomic E-state index is -0.0389. The molecule has 2 aliphatic carbocycles. The van der Waals surface area contributed by atoms with Crippen molar-refractivity contribution >= 4 is 44.5 Å². The number of hydrogen-bond acceptors (Lipinski definition) is 2. The van der Waals surface area contributed by atoms with Crippen molar-refractivity contribution in [1.82, 2.24) is 19.1 Å². The molecule has 8 aromatic rings. The highest BCUT2D eigenvalue weighted by Crippen LogP contribution is 2.46. The van der Waals surface area contributed by atoms with Crippen molar-refractivity contribution in [1.29, 1.82) is 0 Å². The van der Waals surface area contributed by atoms with E-state index in [0.29, 0.717) is 5.92 Å². The van der Waals surface area contributed by atoms with Crippen molar-refractivity contribution in [2.75, 3.05) is 0 Å². The maximum absolute atomic E-state index is 5.33. The summed E-state index contributed by atoms with van der Waals surface area (Å²) >= 11 is 0. The molecule has 10 rings (SSSR count). The lowest BCUT2D eigenvalue weighted by molar-refractivity contribution is 0.599. The van der Waals surface area contributed by atoms with Gasteiger partial charge in [0.1, 0.15) is 5.82 Å². The van der Waals surface area contributed by atoms with Crippen LogP contribution in [0.25, 0.3) is 72.9 Å². The Labute approximate surface area is 303 Å². The molecule has 2 aliphatic rings. The van der Waals surface area contributed by atoms with Crippen LogP contribution in [0.3, 0.4) is 0 Å². The average Bonchev–Trinajstić information content (AvgIpc) is 3.73. The molecule has 3 aromatic heterocycles. The monoisotopic (exact) mass is 670 g/mol. The summed E-state index contributed by atoms with van der Waals surface area (Å²) in [6.07, 6.45) is 13.7. The first-order valence-electron chi connectivity index (χ1n) is 18.3. The van der Waals surface area contributed by atoms with Gasteiger partial charge in [0.05, 0.1) is 22.2 Å². The van der Waals surface area contributed by atoms with E-state index in [1.165, 1.54) is 55.2 Å². The highest BCUT2D eigenvalue weighted by atomic mass is 15.1. The topological polar surface area (TPSA) is 35.6 Å². The predicted octanol–water partition coefficient (Wildman–Crippen LogP) is 12.1. The zero-order valence-corrected chi connectivity index (χ0v) is 29.4. The number of para-hydroxylation sites is 1. The second-order valence-electron chi connectivity index (χ2n) is 14.5. The normalized spacial score (nSPS) is 18.3. The SMILES string of the molecule is CC1CC=Cc2c1n(-c1cc(-c3ccccc3)nc(-c3ccccc3)n1)c1ccc3c(c4ccccc4n3C3=CCC(C)(c4ccccc4)C=C3)c21. The Morgan fingerprint density at radius 2 is 1.33 bits per heavy atom. The van der Waals surface area contributed by atoms with E-state index in [2.05, 4.69) is 181 Å². The second-order valence-corrected chi connectivity index (χ2v) is 14.5. The molecule has 5 aromatic carbocycles. The smallest absolute Gasteiger partial charge is 0.162 e. The fraction of sp³-hybridized carbons (Fsp3) is 0.125. The molecule has 52 heavy (non-hydrogen) atoms. The number of hydrogen-bond donors (Lipinski definition) is 0. The first kappa shape index (κ1) is 30.6. The van der Waals surface area contributed by atoms with Crippen LogP contribution in [0.15, 0.2) is 158 Å². The first-order chi connectivity index (χ1) is 25.6. The number of allylic oxidation sites excluding steroid dienone is 5. The second kappa shape index (κ2) is 11.9. The minimum Gasteiger partial charge on any atom is -0.310 e.